The third-order valence-electron chi connectivity index (χ3n) is 8.62. The van der Waals surface area contributed by atoms with Gasteiger partial charge in [-0.3, -0.25) is 4.79 Å². The minimum absolute atomic E-state index is 0.163. The summed E-state index contributed by atoms with van der Waals surface area (Å²) in [5.74, 6) is 3.21. The van der Waals surface area contributed by atoms with Crippen LogP contribution in [0.1, 0.15) is 72.1 Å². The second kappa shape index (κ2) is 5.18. The van der Waals surface area contributed by atoms with Crippen molar-refractivity contribution in [3.8, 4) is 0 Å². The van der Waals surface area contributed by atoms with Gasteiger partial charge in [-0.2, -0.15) is 0 Å². The topological polar surface area (TPSA) is 37.3 Å². The molecule has 6 unspecified atom stereocenters. The highest BCUT2D eigenvalue weighted by atomic mass is 16.3. The SMILES string of the molecule is CC(O)[C@H]1CCC2C3CCC4=CC(=O)CCC4(C)C3CCC21C. The second-order valence-corrected chi connectivity index (χ2v) is 9.44. The molecule has 4 aliphatic carbocycles. The molecule has 23 heavy (non-hydrogen) atoms. The van der Waals surface area contributed by atoms with Crippen molar-refractivity contribution in [2.45, 2.75) is 78.2 Å². The number of ketones is 1. The van der Waals surface area contributed by atoms with Gasteiger partial charge in [-0.1, -0.05) is 19.4 Å². The lowest BCUT2D eigenvalue weighted by Gasteiger charge is -2.58. The van der Waals surface area contributed by atoms with E-state index < -0.39 is 0 Å². The molecule has 0 aliphatic heterocycles. The molecule has 4 aliphatic rings. The van der Waals surface area contributed by atoms with Crippen LogP contribution in [0.4, 0.5) is 0 Å². The maximum atomic E-state index is 11.9. The zero-order chi connectivity index (χ0) is 16.4. The lowest BCUT2D eigenvalue weighted by Crippen LogP contribution is -2.51. The number of fused-ring (bicyclic) bond motifs is 5. The van der Waals surface area contributed by atoms with Crippen LogP contribution >= 0.6 is 0 Å². The number of rotatable bonds is 1. The number of aliphatic hydroxyl groups is 1. The molecule has 0 bridgehead atoms. The normalized spacial score (nSPS) is 50.6. The van der Waals surface area contributed by atoms with Crippen molar-refractivity contribution in [2.75, 3.05) is 0 Å². The molecule has 0 amide bonds. The van der Waals surface area contributed by atoms with E-state index in [0.717, 1.165) is 37.0 Å². The minimum atomic E-state index is -0.163. The van der Waals surface area contributed by atoms with E-state index in [9.17, 15) is 9.90 Å². The zero-order valence-corrected chi connectivity index (χ0v) is 15.0. The number of aliphatic hydroxyl groups excluding tert-OH is 1. The molecular weight excluding hydrogens is 284 g/mol. The van der Waals surface area contributed by atoms with Gasteiger partial charge in [-0.05, 0) is 92.4 Å². The largest absolute Gasteiger partial charge is 0.393 e. The molecule has 0 radical (unpaired) electrons. The molecular formula is C21H32O2. The van der Waals surface area contributed by atoms with Crippen LogP contribution in [0.2, 0.25) is 0 Å². The summed E-state index contributed by atoms with van der Waals surface area (Å²) in [7, 11) is 0. The maximum absolute atomic E-state index is 11.9. The van der Waals surface area contributed by atoms with Crippen molar-refractivity contribution in [1.29, 1.82) is 0 Å². The van der Waals surface area contributed by atoms with Crippen LogP contribution in [0.3, 0.4) is 0 Å². The lowest BCUT2D eigenvalue weighted by atomic mass is 9.46. The van der Waals surface area contributed by atoms with Crippen LogP contribution in [0.25, 0.3) is 0 Å². The Labute approximate surface area is 140 Å². The summed E-state index contributed by atoms with van der Waals surface area (Å²) in [6.07, 6.45) is 11.1. The van der Waals surface area contributed by atoms with E-state index in [0.29, 0.717) is 17.1 Å². The fourth-order valence-electron chi connectivity index (χ4n) is 7.39. The maximum Gasteiger partial charge on any atom is 0.155 e. The molecule has 4 rings (SSSR count). The molecule has 3 saturated carbocycles. The van der Waals surface area contributed by atoms with E-state index in [2.05, 4.69) is 13.8 Å². The van der Waals surface area contributed by atoms with E-state index in [-0.39, 0.29) is 11.5 Å². The third-order valence-corrected chi connectivity index (χ3v) is 8.62. The van der Waals surface area contributed by atoms with Crippen LogP contribution in [0.5, 0.6) is 0 Å². The highest BCUT2D eigenvalue weighted by molar-refractivity contribution is 5.91. The van der Waals surface area contributed by atoms with E-state index >= 15 is 0 Å². The second-order valence-electron chi connectivity index (χ2n) is 9.44. The van der Waals surface area contributed by atoms with Gasteiger partial charge in [0.1, 0.15) is 0 Å². The van der Waals surface area contributed by atoms with Gasteiger partial charge in [0.15, 0.2) is 5.78 Å². The zero-order valence-electron chi connectivity index (χ0n) is 15.0. The predicted octanol–water partition coefficient (Wildman–Crippen LogP) is 4.52. The molecule has 0 aromatic rings. The fraction of sp³-hybridized carbons (Fsp3) is 0.857. The molecule has 1 N–H and O–H groups in total. The average Bonchev–Trinajstić information content (AvgIpc) is 2.85. The van der Waals surface area contributed by atoms with E-state index in [1.165, 1.54) is 37.7 Å². The van der Waals surface area contributed by atoms with Gasteiger partial charge in [0.05, 0.1) is 6.10 Å². The first-order valence-corrected chi connectivity index (χ1v) is 9.78. The van der Waals surface area contributed by atoms with Gasteiger partial charge in [0.2, 0.25) is 0 Å². The first-order chi connectivity index (χ1) is 10.9. The van der Waals surface area contributed by atoms with Crippen molar-refractivity contribution in [3.63, 3.8) is 0 Å². The van der Waals surface area contributed by atoms with Crippen molar-refractivity contribution in [2.24, 2.45) is 34.5 Å². The number of hydrogen-bond donors (Lipinski definition) is 1. The molecule has 128 valence electrons. The van der Waals surface area contributed by atoms with E-state index in [1.807, 2.05) is 13.0 Å². The van der Waals surface area contributed by atoms with Crippen LogP contribution in [0.15, 0.2) is 11.6 Å². The Kier molecular flexibility index (Phi) is 3.58. The Morgan fingerprint density at radius 2 is 1.87 bits per heavy atom. The number of allylic oxidation sites excluding steroid dienone is 1. The highest BCUT2D eigenvalue weighted by Gasteiger charge is 2.59. The predicted molar refractivity (Wildman–Crippen MR) is 91.9 cm³/mol. The Bertz CT molecular complexity index is 548. The van der Waals surface area contributed by atoms with Gasteiger partial charge in [-0.15, -0.1) is 0 Å². The Morgan fingerprint density at radius 3 is 2.61 bits per heavy atom. The minimum Gasteiger partial charge on any atom is -0.393 e. The van der Waals surface area contributed by atoms with Crippen molar-refractivity contribution >= 4 is 5.78 Å². The van der Waals surface area contributed by atoms with E-state index in [1.54, 1.807) is 0 Å². The quantitative estimate of drug-likeness (QED) is 0.772. The summed E-state index contributed by atoms with van der Waals surface area (Å²) < 4.78 is 0. The van der Waals surface area contributed by atoms with Gasteiger partial charge in [-0.25, -0.2) is 0 Å². The first kappa shape index (κ1) is 15.9. The van der Waals surface area contributed by atoms with Crippen molar-refractivity contribution in [3.05, 3.63) is 11.6 Å². The Hall–Kier alpha value is -0.630. The van der Waals surface area contributed by atoms with Gasteiger partial charge >= 0.3 is 0 Å². The Morgan fingerprint density at radius 1 is 1.09 bits per heavy atom. The summed E-state index contributed by atoms with van der Waals surface area (Å²) in [6.45, 7) is 6.92. The Balaban J connectivity index is 1.66. The van der Waals surface area contributed by atoms with Crippen molar-refractivity contribution in [1.82, 2.24) is 0 Å². The van der Waals surface area contributed by atoms with Crippen LogP contribution in [-0.2, 0) is 4.79 Å². The molecule has 0 saturated heterocycles. The summed E-state index contributed by atoms with van der Waals surface area (Å²) in [5, 5.41) is 10.3. The molecule has 3 fully saturated rings. The third kappa shape index (κ3) is 2.13. The van der Waals surface area contributed by atoms with Gasteiger partial charge in [0, 0.05) is 6.42 Å². The molecule has 2 nitrogen and oxygen atoms in total. The van der Waals surface area contributed by atoms with E-state index in [4.69, 9.17) is 0 Å². The highest BCUT2D eigenvalue weighted by Crippen LogP contribution is 2.66. The molecule has 7 atom stereocenters. The molecule has 2 heteroatoms. The van der Waals surface area contributed by atoms with Crippen LogP contribution < -0.4 is 0 Å². The summed E-state index contributed by atoms with van der Waals surface area (Å²) >= 11 is 0. The number of carbonyl (C=O) groups is 1. The first-order valence-electron chi connectivity index (χ1n) is 9.78. The number of hydrogen-bond acceptors (Lipinski definition) is 2. The number of carbonyl (C=O) groups excluding carboxylic acids is 1. The van der Waals surface area contributed by atoms with Crippen LogP contribution in [-0.4, -0.2) is 17.0 Å². The summed E-state index contributed by atoms with van der Waals surface area (Å²) in [4.78, 5) is 11.9. The molecule has 0 aromatic carbocycles. The van der Waals surface area contributed by atoms with Crippen molar-refractivity contribution < 1.29 is 9.90 Å². The molecule has 0 heterocycles. The fourth-order valence-corrected chi connectivity index (χ4v) is 7.39. The lowest BCUT2D eigenvalue weighted by molar-refractivity contribution is -0.117. The smallest absolute Gasteiger partial charge is 0.155 e. The average molecular weight is 316 g/mol. The standard InChI is InChI=1S/C21H32O2/c1-13(22)17-6-7-18-16-5-4-14-12-15(23)8-10-20(14,2)19(16)9-11-21(17,18)3/h12-13,16-19,22H,4-11H2,1-3H3/t13?,16?,17-,18?,19?,20?,21?/m1/s1. The summed E-state index contributed by atoms with van der Waals surface area (Å²) in [5.41, 5.74) is 2.09. The van der Waals surface area contributed by atoms with Gasteiger partial charge in [0.25, 0.3) is 0 Å². The monoisotopic (exact) mass is 316 g/mol. The summed E-state index contributed by atoms with van der Waals surface area (Å²) in [6, 6.07) is 0. The van der Waals surface area contributed by atoms with Crippen LogP contribution in [0, 0.1) is 34.5 Å². The molecule has 0 aromatic heterocycles. The van der Waals surface area contributed by atoms with Gasteiger partial charge < -0.3 is 5.11 Å². The molecule has 0 spiro atoms.